The summed E-state index contributed by atoms with van der Waals surface area (Å²) in [6, 6.07) is 11.3. The number of hydrogen-bond acceptors (Lipinski definition) is 5. The molecule has 0 fully saturated rings. The van der Waals surface area contributed by atoms with Gasteiger partial charge in [0, 0.05) is 41.6 Å². The van der Waals surface area contributed by atoms with E-state index in [9.17, 15) is 9.18 Å². The Morgan fingerprint density at radius 1 is 1.25 bits per heavy atom. The van der Waals surface area contributed by atoms with Crippen molar-refractivity contribution < 1.29 is 13.9 Å². The average Bonchev–Trinajstić information content (AvgIpc) is 3.16. The van der Waals surface area contributed by atoms with Crippen LogP contribution in [0.15, 0.2) is 36.4 Å². The van der Waals surface area contributed by atoms with Crippen LogP contribution in [0.5, 0.6) is 5.88 Å². The minimum atomic E-state index is -0.281. The van der Waals surface area contributed by atoms with Gasteiger partial charge in [0.1, 0.15) is 17.4 Å². The van der Waals surface area contributed by atoms with Crippen molar-refractivity contribution in [2.75, 3.05) is 18.5 Å². The van der Waals surface area contributed by atoms with Gasteiger partial charge in [-0.3, -0.25) is 0 Å². The van der Waals surface area contributed by atoms with Crippen molar-refractivity contribution in [2.24, 2.45) is 7.05 Å². The number of fused-ring (bicyclic) bond motifs is 1. The number of pyridine rings is 1. The number of nitrogens with one attached hydrogen (secondary N) is 1. The molecule has 0 amide bonds. The molecule has 2 aromatic heterocycles. The summed E-state index contributed by atoms with van der Waals surface area (Å²) >= 11 is 2.31. The normalized spacial score (nSPS) is 14.2. The molecule has 1 aliphatic rings. The van der Waals surface area contributed by atoms with Crippen LogP contribution in [0.1, 0.15) is 67.6 Å². The summed E-state index contributed by atoms with van der Waals surface area (Å²) in [5, 5.41) is 7.99. The fourth-order valence-electron chi connectivity index (χ4n) is 4.61. The van der Waals surface area contributed by atoms with Crippen LogP contribution in [0.2, 0.25) is 0 Å². The topological polar surface area (TPSA) is 69.0 Å². The maximum absolute atomic E-state index is 14.5. The Morgan fingerprint density at radius 2 is 2.06 bits per heavy atom. The lowest BCUT2D eigenvalue weighted by atomic mass is 9.87. The van der Waals surface area contributed by atoms with Gasteiger partial charge in [-0.25, -0.2) is 14.1 Å². The number of aryl methyl sites for hydroxylation is 2. The molecule has 1 unspecified atom stereocenters. The maximum atomic E-state index is 14.5. The highest BCUT2D eigenvalue weighted by Gasteiger charge is 2.23. The molecule has 1 N–H and O–H groups in total. The van der Waals surface area contributed by atoms with Crippen LogP contribution >= 0.6 is 22.6 Å². The van der Waals surface area contributed by atoms with Crippen molar-refractivity contribution in [2.45, 2.75) is 62.2 Å². The Bertz CT molecular complexity index is 1230. The first-order valence-corrected chi connectivity index (χ1v) is 13.5. The van der Waals surface area contributed by atoms with E-state index in [1.54, 1.807) is 23.7 Å². The molecule has 192 valence electrons. The first kappa shape index (κ1) is 26.6. The monoisotopic (exact) mass is 604 g/mol. The predicted octanol–water partition coefficient (Wildman–Crippen LogP) is 5.91. The van der Waals surface area contributed by atoms with Crippen LogP contribution in [0.4, 0.5) is 10.2 Å². The van der Waals surface area contributed by atoms with Crippen molar-refractivity contribution in [3.8, 4) is 5.88 Å². The van der Waals surface area contributed by atoms with Crippen molar-refractivity contribution in [3.63, 3.8) is 0 Å². The number of carbonyl (C=O) groups excluding carboxylic acids is 1. The van der Waals surface area contributed by atoms with Crippen molar-refractivity contribution in [1.82, 2.24) is 14.8 Å². The highest BCUT2D eigenvalue weighted by Crippen LogP contribution is 2.35. The van der Waals surface area contributed by atoms with E-state index < -0.39 is 0 Å². The summed E-state index contributed by atoms with van der Waals surface area (Å²) in [5.41, 5.74) is 4.81. The molecule has 0 aliphatic carbocycles. The molecule has 4 rings (SSSR count). The second-order valence-electron chi connectivity index (χ2n) is 10.1. The summed E-state index contributed by atoms with van der Waals surface area (Å²) in [6.45, 7) is 7.12. The van der Waals surface area contributed by atoms with Crippen molar-refractivity contribution in [1.29, 1.82) is 0 Å². The summed E-state index contributed by atoms with van der Waals surface area (Å²) in [6.07, 6.45) is 3.76. The molecule has 1 aromatic carbocycles. The SMILES string of the molecule is CC(=O)CC(Cc1cc(OCCc2ccc3c(n2)NCCC3)n(C)n1)c1cc(F)cc(C(C)(C)I)c1. The average molecular weight is 605 g/mol. The number of rotatable bonds is 10. The number of hydrogen-bond donors (Lipinski definition) is 1. The zero-order valence-corrected chi connectivity index (χ0v) is 23.6. The molecule has 8 heteroatoms. The number of nitrogens with zero attached hydrogens (tertiary/aromatic N) is 3. The Labute approximate surface area is 226 Å². The zero-order valence-electron chi connectivity index (χ0n) is 21.4. The van der Waals surface area contributed by atoms with Gasteiger partial charge in [-0.15, -0.1) is 0 Å². The van der Waals surface area contributed by atoms with Crippen LogP contribution in [0, 0.1) is 5.82 Å². The van der Waals surface area contributed by atoms with Gasteiger partial charge in [-0.1, -0.05) is 34.7 Å². The number of carbonyl (C=O) groups is 1. The van der Waals surface area contributed by atoms with E-state index in [2.05, 4.69) is 45.1 Å². The third-order valence-corrected chi connectivity index (χ3v) is 7.14. The summed E-state index contributed by atoms with van der Waals surface area (Å²) in [5.74, 6) is 1.28. The van der Waals surface area contributed by atoms with Gasteiger partial charge in [0.15, 0.2) is 0 Å². The molecule has 0 spiro atoms. The van der Waals surface area contributed by atoms with Gasteiger partial charge in [0.2, 0.25) is 5.88 Å². The smallest absolute Gasteiger partial charge is 0.211 e. The molecule has 0 bridgehead atoms. The van der Waals surface area contributed by atoms with E-state index in [1.165, 1.54) is 5.56 Å². The quantitative estimate of drug-likeness (QED) is 0.230. The number of aromatic nitrogens is 3. The van der Waals surface area contributed by atoms with Crippen LogP contribution in [0.25, 0.3) is 0 Å². The lowest BCUT2D eigenvalue weighted by molar-refractivity contribution is -0.117. The number of halogens is 2. The molecule has 1 aliphatic heterocycles. The van der Waals surface area contributed by atoms with Crippen LogP contribution < -0.4 is 10.1 Å². The molecule has 3 heterocycles. The lowest BCUT2D eigenvalue weighted by Crippen LogP contribution is -2.14. The molecule has 0 radical (unpaired) electrons. The van der Waals surface area contributed by atoms with E-state index >= 15 is 0 Å². The van der Waals surface area contributed by atoms with E-state index in [0.29, 0.717) is 31.7 Å². The number of alkyl halides is 1. The summed E-state index contributed by atoms with van der Waals surface area (Å²) < 4.78 is 22.0. The molecule has 36 heavy (non-hydrogen) atoms. The number of ketones is 1. The van der Waals surface area contributed by atoms with Crippen LogP contribution in [-0.4, -0.2) is 33.7 Å². The van der Waals surface area contributed by atoms with E-state index in [4.69, 9.17) is 9.72 Å². The molecular weight excluding hydrogens is 570 g/mol. The van der Waals surface area contributed by atoms with Crippen molar-refractivity contribution in [3.05, 3.63) is 70.3 Å². The van der Waals surface area contributed by atoms with E-state index in [-0.39, 0.29) is 20.9 Å². The highest BCUT2D eigenvalue weighted by atomic mass is 127. The van der Waals surface area contributed by atoms with Gasteiger partial charge >= 0.3 is 0 Å². The third kappa shape index (κ3) is 6.83. The minimum Gasteiger partial charge on any atom is -0.477 e. The molecule has 6 nitrogen and oxygen atoms in total. The number of Topliss-reactive ketones (excluding diaryl/α,β-unsaturated/α-hetero) is 1. The minimum absolute atomic E-state index is 0.0685. The Balaban J connectivity index is 1.44. The summed E-state index contributed by atoms with van der Waals surface area (Å²) in [4.78, 5) is 16.8. The lowest BCUT2D eigenvalue weighted by Gasteiger charge is -2.21. The van der Waals surface area contributed by atoms with E-state index in [1.807, 2.05) is 33.0 Å². The maximum Gasteiger partial charge on any atom is 0.211 e. The number of ether oxygens (including phenoxy) is 1. The fraction of sp³-hybridized carbons (Fsp3) is 0.464. The molecule has 0 saturated heterocycles. The van der Waals surface area contributed by atoms with Gasteiger partial charge < -0.3 is 14.8 Å². The molecular formula is C28H34FIN4O2. The standard InChI is InChI=1S/C28H34FIN4O2/c1-18(35)12-20(21-13-22(28(2,3)30)16-23(29)14-21)15-25-17-26(34(4)33-25)36-11-9-24-8-7-19-6-5-10-31-27(19)32-24/h7-8,13-14,16-17,20H,5-6,9-12,15H2,1-4H3,(H,31,32). The second-order valence-corrected chi connectivity index (χ2v) is 12.8. The Kier molecular flexibility index (Phi) is 8.32. The summed E-state index contributed by atoms with van der Waals surface area (Å²) in [7, 11) is 1.85. The van der Waals surface area contributed by atoms with E-state index in [0.717, 1.165) is 47.7 Å². The molecule has 3 aromatic rings. The number of anilines is 1. The van der Waals surface area contributed by atoms with Gasteiger partial charge in [0.25, 0.3) is 0 Å². The third-order valence-electron chi connectivity index (χ3n) is 6.51. The largest absolute Gasteiger partial charge is 0.477 e. The van der Waals surface area contributed by atoms with Gasteiger partial charge in [-0.05, 0) is 80.8 Å². The van der Waals surface area contributed by atoms with Crippen molar-refractivity contribution >= 4 is 34.2 Å². The van der Waals surface area contributed by atoms with Crippen LogP contribution in [0.3, 0.4) is 0 Å². The highest BCUT2D eigenvalue weighted by molar-refractivity contribution is 14.1. The zero-order chi connectivity index (χ0) is 25.9. The number of benzene rings is 1. The molecule has 0 saturated carbocycles. The Hall–Kier alpha value is -2.49. The van der Waals surface area contributed by atoms with Gasteiger partial charge in [-0.2, -0.15) is 5.10 Å². The first-order valence-electron chi connectivity index (χ1n) is 12.5. The predicted molar refractivity (Wildman–Crippen MR) is 149 cm³/mol. The Morgan fingerprint density at radius 3 is 2.81 bits per heavy atom. The fourth-order valence-corrected chi connectivity index (χ4v) is 4.92. The first-order chi connectivity index (χ1) is 17.1. The van der Waals surface area contributed by atoms with Crippen LogP contribution in [-0.2, 0) is 34.5 Å². The second kappa shape index (κ2) is 11.3. The van der Waals surface area contributed by atoms with Gasteiger partial charge in [0.05, 0.1) is 12.3 Å². The molecule has 1 atom stereocenters.